The minimum Gasteiger partial charge on any atom is -0.344 e. The molecule has 0 heterocycles. The molecule has 0 saturated heterocycles. The number of hydrogen-bond donors (Lipinski definition) is 1. The summed E-state index contributed by atoms with van der Waals surface area (Å²) in [4.78, 5) is 0. The SMILES string of the molecule is CCCCPCCCC.CCCC[P+](C)(CCCC)CCCC.N. The highest BCUT2D eigenvalue weighted by Crippen LogP contribution is 2.57. The first kappa shape index (κ1) is 29.6. The molecule has 150 valence electrons. The van der Waals surface area contributed by atoms with Crippen molar-refractivity contribution in [2.75, 3.05) is 37.5 Å². The molecule has 0 aliphatic carbocycles. The van der Waals surface area contributed by atoms with Gasteiger partial charge in [-0.3, -0.25) is 0 Å². The van der Waals surface area contributed by atoms with Crippen LogP contribution in [0.5, 0.6) is 0 Å². The predicted molar refractivity (Wildman–Crippen MR) is 125 cm³/mol. The second-order valence-electron chi connectivity index (χ2n) is 7.31. The summed E-state index contributed by atoms with van der Waals surface area (Å²) >= 11 is 0. The first-order valence-electron chi connectivity index (χ1n) is 10.6. The molecule has 0 aliphatic heterocycles. The van der Waals surface area contributed by atoms with Gasteiger partial charge in [0.2, 0.25) is 0 Å². The zero-order chi connectivity index (χ0) is 17.8. The fourth-order valence-corrected chi connectivity index (χ4v) is 8.05. The van der Waals surface area contributed by atoms with Gasteiger partial charge >= 0.3 is 0 Å². The van der Waals surface area contributed by atoms with E-state index >= 15 is 0 Å². The highest BCUT2D eigenvalue weighted by molar-refractivity contribution is 7.75. The molecule has 0 rings (SSSR count). The van der Waals surface area contributed by atoms with E-state index in [1.165, 1.54) is 85.1 Å². The van der Waals surface area contributed by atoms with Gasteiger partial charge in [0.25, 0.3) is 0 Å². The van der Waals surface area contributed by atoms with E-state index in [0.717, 1.165) is 0 Å². The monoisotopic (exact) mass is 380 g/mol. The molecular formula is C21H52NP2+. The van der Waals surface area contributed by atoms with Crippen molar-refractivity contribution in [1.82, 2.24) is 6.15 Å². The lowest BCUT2D eigenvalue weighted by atomic mass is 10.4. The maximum Gasteiger partial charge on any atom is 0.0591 e. The van der Waals surface area contributed by atoms with Gasteiger partial charge in [0.1, 0.15) is 0 Å². The summed E-state index contributed by atoms with van der Waals surface area (Å²) in [5.74, 6) is 0. The maximum atomic E-state index is 2.62. The molecule has 0 bridgehead atoms. The molecule has 0 aromatic rings. The van der Waals surface area contributed by atoms with E-state index in [2.05, 4.69) is 41.3 Å². The summed E-state index contributed by atoms with van der Waals surface area (Å²) < 4.78 is 0. The van der Waals surface area contributed by atoms with E-state index in [0.29, 0.717) is 0 Å². The van der Waals surface area contributed by atoms with E-state index in [9.17, 15) is 0 Å². The average molecular weight is 381 g/mol. The fourth-order valence-electron chi connectivity index (χ4n) is 2.68. The summed E-state index contributed by atoms with van der Waals surface area (Å²) in [5.41, 5.74) is 0. The van der Waals surface area contributed by atoms with Crippen molar-refractivity contribution in [3.05, 3.63) is 0 Å². The Labute approximate surface area is 158 Å². The van der Waals surface area contributed by atoms with Crippen LogP contribution < -0.4 is 6.15 Å². The van der Waals surface area contributed by atoms with Gasteiger partial charge in [0.15, 0.2) is 0 Å². The van der Waals surface area contributed by atoms with Gasteiger partial charge in [-0.1, -0.05) is 66.7 Å². The predicted octanol–water partition coefficient (Wildman–Crippen LogP) is 8.46. The van der Waals surface area contributed by atoms with Crippen LogP contribution in [0.2, 0.25) is 0 Å². The lowest BCUT2D eigenvalue weighted by molar-refractivity contribution is 0.838. The molecule has 3 N–H and O–H groups in total. The molecule has 0 aromatic carbocycles. The number of rotatable bonds is 15. The van der Waals surface area contributed by atoms with Crippen LogP contribution in [-0.2, 0) is 0 Å². The highest BCUT2D eigenvalue weighted by Gasteiger charge is 2.28. The van der Waals surface area contributed by atoms with Gasteiger partial charge < -0.3 is 6.15 Å². The van der Waals surface area contributed by atoms with Gasteiger partial charge in [0, 0.05) is 13.9 Å². The van der Waals surface area contributed by atoms with Crippen LogP contribution in [0.15, 0.2) is 0 Å². The Morgan fingerprint density at radius 3 is 1.08 bits per heavy atom. The Hall–Kier alpha value is 0.820. The quantitative estimate of drug-likeness (QED) is 0.224. The zero-order valence-electron chi connectivity index (χ0n) is 18.3. The average Bonchev–Trinajstić information content (AvgIpc) is 2.57. The molecule has 0 aliphatic rings. The topological polar surface area (TPSA) is 35.0 Å². The third-order valence-electron chi connectivity index (χ3n) is 4.57. The molecule has 0 aromatic heterocycles. The Kier molecular flexibility index (Phi) is 29.4. The number of unbranched alkanes of at least 4 members (excludes halogenated alkanes) is 5. The molecule has 1 nitrogen and oxygen atoms in total. The zero-order valence-corrected chi connectivity index (χ0v) is 20.2. The van der Waals surface area contributed by atoms with Crippen LogP contribution >= 0.6 is 15.8 Å². The van der Waals surface area contributed by atoms with Gasteiger partial charge in [-0.15, -0.1) is 8.58 Å². The smallest absolute Gasteiger partial charge is 0.0591 e. The first-order valence-corrected chi connectivity index (χ1v) is 14.8. The van der Waals surface area contributed by atoms with Crippen LogP contribution in [0.25, 0.3) is 0 Å². The Morgan fingerprint density at radius 2 is 0.833 bits per heavy atom. The van der Waals surface area contributed by atoms with Crippen molar-refractivity contribution in [3.8, 4) is 0 Å². The van der Waals surface area contributed by atoms with Crippen molar-refractivity contribution in [3.63, 3.8) is 0 Å². The van der Waals surface area contributed by atoms with Gasteiger partial charge in [0.05, 0.1) is 18.5 Å². The van der Waals surface area contributed by atoms with Crippen molar-refractivity contribution < 1.29 is 0 Å². The lowest BCUT2D eigenvalue weighted by Gasteiger charge is -2.22. The van der Waals surface area contributed by atoms with Crippen molar-refractivity contribution in [2.24, 2.45) is 0 Å². The summed E-state index contributed by atoms with van der Waals surface area (Å²) in [6, 6.07) is 0. The largest absolute Gasteiger partial charge is 0.344 e. The summed E-state index contributed by atoms with van der Waals surface area (Å²) in [6.45, 7) is 14.1. The van der Waals surface area contributed by atoms with E-state index in [-0.39, 0.29) is 6.15 Å². The minimum absolute atomic E-state index is 0. The molecule has 0 atom stereocenters. The third kappa shape index (κ3) is 22.8. The van der Waals surface area contributed by atoms with E-state index in [1.54, 1.807) is 18.5 Å². The maximum absolute atomic E-state index is 2.62. The molecule has 3 heteroatoms. The summed E-state index contributed by atoms with van der Waals surface area (Å²) in [5, 5.41) is 0. The first-order chi connectivity index (χ1) is 11.1. The Balaban J connectivity index is -0.000000385. The summed E-state index contributed by atoms with van der Waals surface area (Å²) in [7, 11) is 0.727. The third-order valence-corrected chi connectivity index (χ3v) is 10.2. The van der Waals surface area contributed by atoms with Crippen molar-refractivity contribution in [1.29, 1.82) is 0 Å². The van der Waals surface area contributed by atoms with E-state index in [4.69, 9.17) is 0 Å². The molecule has 0 fully saturated rings. The standard InChI is InChI=1S/C13H30P.C8H19P.H3N/c1-5-8-11-14(4,12-9-6-2)13-10-7-3;1-3-5-7-9-8-6-4-2;/h5-13H2,1-4H3;9H,3-8H2,1-2H3;1H3/q+1;;. The molecule has 0 radical (unpaired) electrons. The minimum atomic E-state index is -0.519. The Morgan fingerprint density at radius 1 is 0.542 bits per heavy atom. The van der Waals surface area contributed by atoms with Crippen LogP contribution in [0.1, 0.15) is 98.8 Å². The Bertz CT molecular complexity index is 182. The van der Waals surface area contributed by atoms with E-state index < -0.39 is 7.26 Å². The normalized spacial score (nSPS) is 10.8. The number of hydrogen-bond acceptors (Lipinski definition) is 1. The summed E-state index contributed by atoms with van der Waals surface area (Å²) in [6.07, 6.45) is 21.8. The van der Waals surface area contributed by atoms with Crippen LogP contribution in [0, 0.1) is 0 Å². The molecule has 0 saturated carbocycles. The lowest BCUT2D eigenvalue weighted by Crippen LogP contribution is -2.07. The van der Waals surface area contributed by atoms with E-state index in [1.807, 2.05) is 0 Å². The van der Waals surface area contributed by atoms with Gasteiger partial charge in [-0.05, 0) is 44.4 Å². The van der Waals surface area contributed by atoms with Crippen LogP contribution in [-0.4, -0.2) is 37.5 Å². The van der Waals surface area contributed by atoms with Gasteiger partial charge in [-0.25, -0.2) is 0 Å². The van der Waals surface area contributed by atoms with Crippen molar-refractivity contribution in [2.45, 2.75) is 98.8 Å². The van der Waals surface area contributed by atoms with Gasteiger partial charge in [-0.2, -0.15) is 0 Å². The van der Waals surface area contributed by atoms with Crippen LogP contribution in [0.3, 0.4) is 0 Å². The molecule has 0 unspecified atom stereocenters. The fraction of sp³-hybridized carbons (Fsp3) is 1.00. The second-order valence-corrected chi connectivity index (χ2v) is 13.4. The molecule has 0 amide bonds. The van der Waals surface area contributed by atoms with Crippen molar-refractivity contribution >= 4 is 15.8 Å². The molecule has 24 heavy (non-hydrogen) atoms. The second kappa shape index (κ2) is 23.8. The highest BCUT2D eigenvalue weighted by atomic mass is 31.2. The molecule has 0 spiro atoms. The molecular weight excluding hydrogens is 328 g/mol. The van der Waals surface area contributed by atoms with Crippen LogP contribution in [0.4, 0.5) is 0 Å².